The van der Waals surface area contributed by atoms with Crippen LogP contribution in [0.2, 0.25) is 0 Å². The molecule has 0 radical (unpaired) electrons. The Morgan fingerprint density at radius 3 is 2.84 bits per heavy atom. The van der Waals surface area contributed by atoms with Crippen LogP contribution in [0.15, 0.2) is 18.3 Å². The Balaban J connectivity index is 2.25. The van der Waals surface area contributed by atoms with Crippen LogP contribution in [-0.4, -0.2) is 21.9 Å². The highest BCUT2D eigenvalue weighted by Crippen LogP contribution is 2.28. The van der Waals surface area contributed by atoms with Crippen LogP contribution in [-0.2, 0) is 4.74 Å². The van der Waals surface area contributed by atoms with Crippen LogP contribution in [0.3, 0.4) is 0 Å². The molecule has 100 valence electrons. The number of rotatable bonds is 4. The van der Waals surface area contributed by atoms with Crippen LogP contribution in [0.1, 0.15) is 28.7 Å². The van der Waals surface area contributed by atoms with E-state index in [2.05, 4.69) is 14.7 Å². The summed E-state index contributed by atoms with van der Waals surface area (Å²) in [6, 6.07) is 3.81. The lowest BCUT2D eigenvalue weighted by molar-refractivity contribution is 0.0527. The van der Waals surface area contributed by atoms with Gasteiger partial charge in [-0.1, -0.05) is 0 Å². The molecule has 0 aromatic carbocycles. The van der Waals surface area contributed by atoms with Crippen LogP contribution >= 0.6 is 11.5 Å². The Kier molecular flexibility index (Phi) is 4.11. The van der Waals surface area contributed by atoms with E-state index >= 15 is 0 Å². The number of esters is 1. The molecule has 0 atom stereocenters. The monoisotopic (exact) mass is 277 g/mol. The summed E-state index contributed by atoms with van der Waals surface area (Å²) in [5, 5.41) is 3.83. The van der Waals surface area contributed by atoms with Crippen LogP contribution < -0.4 is 5.32 Å². The predicted octanol–water partition coefficient (Wildman–Crippen LogP) is 3.08. The maximum atomic E-state index is 11.9. The highest BCUT2D eigenvalue weighted by atomic mass is 32.1. The molecule has 0 saturated heterocycles. The van der Waals surface area contributed by atoms with Gasteiger partial charge in [-0.2, -0.15) is 4.37 Å². The molecule has 6 heteroatoms. The molecule has 2 rings (SSSR count). The molecule has 0 spiro atoms. The van der Waals surface area contributed by atoms with Crippen molar-refractivity contribution in [3.63, 3.8) is 0 Å². The fourth-order valence-electron chi connectivity index (χ4n) is 1.57. The minimum atomic E-state index is -0.351. The standard InChI is InChI=1S/C13H15N3O2S/c1-4-18-13(17)11-9(3)16-19-12(11)15-10-6-5-8(2)14-7-10/h5-7,15H,4H2,1-3H3. The average Bonchev–Trinajstić information content (AvgIpc) is 2.74. The topological polar surface area (TPSA) is 64.1 Å². The van der Waals surface area contributed by atoms with Crippen LogP contribution in [0, 0.1) is 13.8 Å². The number of anilines is 2. The zero-order valence-electron chi connectivity index (χ0n) is 11.1. The Hall–Kier alpha value is -1.95. The zero-order valence-corrected chi connectivity index (χ0v) is 11.9. The van der Waals surface area contributed by atoms with Crippen LogP contribution in [0.4, 0.5) is 10.7 Å². The van der Waals surface area contributed by atoms with Gasteiger partial charge in [0.1, 0.15) is 10.6 Å². The molecule has 1 N–H and O–H groups in total. The fraction of sp³-hybridized carbons (Fsp3) is 0.308. The van der Waals surface area contributed by atoms with Gasteiger partial charge in [-0.25, -0.2) is 4.79 Å². The van der Waals surface area contributed by atoms with E-state index in [-0.39, 0.29) is 5.97 Å². The summed E-state index contributed by atoms with van der Waals surface area (Å²) in [5.41, 5.74) is 2.93. The molecular formula is C13H15N3O2S. The first-order chi connectivity index (χ1) is 9.11. The van der Waals surface area contributed by atoms with E-state index in [1.165, 1.54) is 11.5 Å². The molecule has 2 aromatic rings. The van der Waals surface area contributed by atoms with E-state index in [1.807, 2.05) is 19.1 Å². The molecule has 0 fully saturated rings. The summed E-state index contributed by atoms with van der Waals surface area (Å²) in [4.78, 5) is 16.1. The number of carbonyl (C=O) groups excluding carboxylic acids is 1. The fourth-order valence-corrected chi connectivity index (χ4v) is 2.38. The van der Waals surface area contributed by atoms with Crippen molar-refractivity contribution < 1.29 is 9.53 Å². The molecule has 2 aromatic heterocycles. The molecule has 0 aliphatic carbocycles. The Labute approximate surface area is 115 Å². The molecule has 0 saturated carbocycles. The first-order valence-electron chi connectivity index (χ1n) is 5.95. The minimum Gasteiger partial charge on any atom is -0.462 e. The zero-order chi connectivity index (χ0) is 13.8. The summed E-state index contributed by atoms with van der Waals surface area (Å²) in [6.45, 7) is 5.84. The molecule has 2 heterocycles. The summed E-state index contributed by atoms with van der Waals surface area (Å²) in [5.74, 6) is -0.351. The first-order valence-corrected chi connectivity index (χ1v) is 6.72. The van der Waals surface area contributed by atoms with Crippen molar-refractivity contribution >= 4 is 28.2 Å². The van der Waals surface area contributed by atoms with Crippen molar-refractivity contribution in [1.29, 1.82) is 0 Å². The van der Waals surface area contributed by atoms with E-state index in [1.54, 1.807) is 20.0 Å². The predicted molar refractivity (Wildman–Crippen MR) is 75.1 cm³/mol. The van der Waals surface area contributed by atoms with Gasteiger partial charge >= 0.3 is 5.97 Å². The Bertz CT molecular complexity index is 578. The number of nitrogens with zero attached hydrogens (tertiary/aromatic N) is 2. The van der Waals surface area contributed by atoms with Crippen LogP contribution in [0.5, 0.6) is 0 Å². The minimum absolute atomic E-state index is 0.347. The third-order valence-corrected chi connectivity index (χ3v) is 3.37. The van der Waals surface area contributed by atoms with E-state index < -0.39 is 0 Å². The third kappa shape index (κ3) is 3.08. The Morgan fingerprint density at radius 1 is 1.42 bits per heavy atom. The number of ether oxygens (including phenoxy) is 1. The molecule has 0 aliphatic heterocycles. The van der Waals surface area contributed by atoms with Crippen molar-refractivity contribution in [1.82, 2.24) is 9.36 Å². The maximum Gasteiger partial charge on any atom is 0.343 e. The largest absolute Gasteiger partial charge is 0.462 e. The maximum absolute atomic E-state index is 11.9. The number of hydrogen-bond acceptors (Lipinski definition) is 6. The van der Waals surface area contributed by atoms with Gasteiger partial charge in [-0.15, -0.1) is 0 Å². The summed E-state index contributed by atoms with van der Waals surface area (Å²) >= 11 is 1.24. The third-order valence-electron chi connectivity index (χ3n) is 2.51. The summed E-state index contributed by atoms with van der Waals surface area (Å²) in [7, 11) is 0. The van der Waals surface area contributed by atoms with Gasteiger partial charge in [-0.05, 0) is 44.4 Å². The van der Waals surface area contributed by atoms with Gasteiger partial charge in [0.2, 0.25) is 0 Å². The van der Waals surface area contributed by atoms with Crippen molar-refractivity contribution in [2.45, 2.75) is 20.8 Å². The summed E-state index contributed by atoms with van der Waals surface area (Å²) in [6.07, 6.45) is 1.72. The molecule has 0 unspecified atom stereocenters. The second-order valence-corrected chi connectivity index (χ2v) is 4.78. The highest BCUT2D eigenvalue weighted by Gasteiger charge is 2.19. The van der Waals surface area contributed by atoms with Gasteiger partial charge < -0.3 is 10.1 Å². The van der Waals surface area contributed by atoms with Crippen molar-refractivity contribution in [3.05, 3.63) is 35.3 Å². The number of hydrogen-bond donors (Lipinski definition) is 1. The van der Waals surface area contributed by atoms with E-state index in [0.29, 0.717) is 22.9 Å². The number of pyridine rings is 1. The normalized spacial score (nSPS) is 10.3. The molecule has 0 bridgehead atoms. The highest BCUT2D eigenvalue weighted by molar-refractivity contribution is 7.10. The van der Waals surface area contributed by atoms with Crippen LogP contribution in [0.25, 0.3) is 0 Å². The molecule has 0 amide bonds. The lowest BCUT2D eigenvalue weighted by Crippen LogP contribution is -2.07. The van der Waals surface area contributed by atoms with Crippen molar-refractivity contribution in [2.75, 3.05) is 11.9 Å². The van der Waals surface area contributed by atoms with Crippen molar-refractivity contribution in [3.8, 4) is 0 Å². The molecule has 19 heavy (non-hydrogen) atoms. The SMILES string of the molecule is CCOC(=O)c1c(C)nsc1Nc1ccc(C)nc1. The molecule has 0 aliphatic rings. The number of aromatic nitrogens is 2. The molecular weight excluding hydrogens is 262 g/mol. The Morgan fingerprint density at radius 2 is 2.21 bits per heavy atom. The van der Waals surface area contributed by atoms with Gasteiger partial charge in [0.05, 0.1) is 24.2 Å². The van der Waals surface area contributed by atoms with Gasteiger partial charge in [0, 0.05) is 5.69 Å². The lowest BCUT2D eigenvalue weighted by Gasteiger charge is -2.06. The second kappa shape index (κ2) is 5.79. The van der Waals surface area contributed by atoms with E-state index in [0.717, 1.165) is 11.4 Å². The van der Waals surface area contributed by atoms with Gasteiger partial charge in [-0.3, -0.25) is 4.98 Å². The van der Waals surface area contributed by atoms with Crippen molar-refractivity contribution in [2.24, 2.45) is 0 Å². The lowest BCUT2D eigenvalue weighted by atomic mass is 10.2. The van der Waals surface area contributed by atoms with E-state index in [9.17, 15) is 4.79 Å². The average molecular weight is 277 g/mol. The second-order valence-electron chi connectivity index (χ2n) is 4.01. The molecule has 5 nitrogen and oxygen atoms in total. The number of nitrogens with one attached hydrogen (secondary N) is 1. The number of aryl methyl sites for hydroxylation is 2. The van der Waals surface area contributed by atoms with E-state index in [4.69, 9.17) is 4.74 Å². The van der Waals surface area contributed by atoms with Gasteiger partial charge in [0.15, 0.2) is 0 Å². The smallest absolute Gasteiger partial charge is 0.343 e. The number of carbonyl (C=O) groups is 1. The first kappa shape index (κ1) is 13.5. The van der Waals surface area contributed by atoms with Gasteiger partial charge in [0.25, 0.3) is 0 Å². The summed E-state index contributed by atoms with van der Waals surface area (Å²) < 4.78 is 9.23. The quantitative estimate of drug-likeness (QED) is 0.870.